The fraction of sp³-hybridized carbons (Fsp3) is 0.692. The summed E-state index contributed by atoms with van der Waals surface area (Å²) in [5.74, 6) is -0.0770. The average molecular weight is 283 g/mol. The van der Waals surface area contributed by atoms with Crippen molar-refractivity contribution in [2.45, 2.75) is 12.2 Å². The normalized spacial score (nSPS) is 26.4. The van der Waals surface area contributed by atoms with E-state index in [-0.39, 0.29) is 24.0 Å². The van der Waals surface area contributed by atoms with Crippen LogP contribution in [0.4, 0.5) is 0 Å². The molecule has 3 atom stereocenters. The number of methoxy groups -OCH3 is 2. The van der Waals surface area contributed by atoms with Crippen molar-refractivity contribution in [1.82, 2.24) is 15.1 Å². The van der Waals surface area contributed by atoms with Gasteiger partial charge in [0.15, 0.2) is 0 Å². The summed E-state index contributed by atoms with van der Waals surface area (Å²) in [6.07, 6.45) is 3.04. The third kappa shape index (κ3) is 3.36. The Morgan fingerprint density at radius 3 is 2.90 bits per heavy atom. The molecule has 0 saturated carbocycles. The first-order valence-corrected chi connectivity index (χ1v) is 6.56. The lowest BCUT2D eigenvalue weighted by atomic mass is 9.96. The van der Waals surface area contributed by atoms with E-state index in [1.54, 1.807) is 38.3 Å². The summed E-state index contributed by atoms with van der Waals surface area (Å²) in [5.41, 5.74) is 0.543. The van der Waals surface area contributed by atoms with Gasteiger partial charge in [0.2, 0.25) is 0 Å². The fourth-order valence-corrected chi connectivity index (χ4v) is 2.41. The molecule has 0 spiro atoms. The molecule has 1 aromatic heterocycles. The van der Waals surface area contributed by atoms with Crippen molar-refractivity contribution in [2.24, 2.45) is 13.0 Å². The lowest BCUT2D eigenvalue weighted by molar-refractivity contribution is -0.145. The molecule has 0 bridgehead atoms. The molecule has 0 radical (unpaired) electrons. The topological polar surface area (TPSA) is 74.6 Å². The monoisotopic (exact) mass is 283 g/mol. The number of nitrogens with zero attached hydrogens (tertiary/aromatic N) is 2. The van der Waals surface area contributed by atoms with E-state index in [0.29, 0.717) is 25.3 Å². The Balaban J connectivity index is 1.90. The number of carbonyl (C=O) groups is 1. The van der Waals surface area contributed by atoms with Gasteiger partial charge in [-0.25, -0.2) is 0 Å². The van der Waals surface area contributed by atoms with Crippen LogP contribution in [0.25, 0.3) is 0 Å². The molecule has 1 aliphatic heterocycles. The van der Waals surface area contributed by atoms with Crippen molar-refractivity contribution >= 4 is 5.91 Å². The van der Waals surface area contributed by atoms with Gasteiger partial charge in [-0.3, -0.25) is 9.48 Å². The fourth-order valence-electron chi connectivity index (χ4n) is 2.41. The van der Waals surface area contributed by atoms with Crippen LogP contribution >= 0.6 is 0 Å². The summed E-state index contributed by atoms with van der Waals surface area (Å²) in [6.45, 7) is 1.54. The number of aromatic nitrogens is 2. The lowest BCUT2D eigenvalue weighted by Gasteiger charge is -2.36. The first-order chi connectivity index (χ1) is 9.65. The molecular weight excluding hydrogens is 262 g/mol. The van der Waals surface area contributed by atoms with Gasteiger partial charge >= 0.3 is 0 Å². The van der Waals surface area contributed by atoms with Crippen molar-refractivity contribution in [3.63, 3.8) is 0 Å². The van der Waals surface area contributed by atoms with E-state index < -0.39 is 0 Å². The van der Waals surface area contributed by atoms with E-state index in [0.717, 1.165) is 0 Å². The summed E-state index contributed by atoms with van der Waals surface area (Å²) in [7, 11) is 5.06. The quantitative estimate of drug-likeness (QED) is 0.812. The zero-order valence-corrected chi connectivity index (χ0v) is 12.0. The van der Waals surface area contributed by atoms with Gasteiger partial charge in [-0.05, 0) is 0 Å². The predicted octanol–water partition coefficient (Wildman–Crippen LogP) is -0.174. The molecule has 7 heteroatoms. The number of ether oxygens (including phenoxy) is 3. The van der Waals surface area contributed by atoms with E-state index in [2.05, 4.69) is 10.4 Å². The SMILES string of the molecule is CO[C@H]1[C@H](CNC(=O)c2cnn(C)c2)COC[C@H]1OC. The van der Waals surface area contributed by atoms with Gasteiger partial charge < -0.3 is 19.5 Å². The molecule has 1 amide bonds. The smallest absolute Gasteiger partial charge is 0.254 e. The third-order valence-corrected chi connectivity index (χ3v) is 3.51. The van der Waals surface area contributed by atoms with Gasteiger partial charge in [0.05, 0.1) is 31.1 Å². The molecule has 2 heterocycles. The van der Waals surface area contributed by atoms with Crippen molar-refractivity contribution in [2.75, 3.05) is 34.0 Å². The maximum Gasteiger partial charge on any atom is 0.254 e. The summed E-state index contributed by atoms with van der Waals surface area (Å²) in [6, 6.07) is 0. The summed E-state index contributed by atoms with van der Waals surface area (Å²) < 4.78 is 17.9. The molecule has 2 rings (SSSR count). The minimum absolute atomic E-state index is 0.0688. The van der Waals surface area contributed by atoms with Crippen LogP contribution < -0.4 is 5.32 Å². The number of hydrogen-bond acceptors (Lipinski definition) is 5. The Morgan fingerprint density at radius 2 is 2.30 bits per heavy atom. The van der Waals surface area contributed by atoms with Crippen LogP contribution in [-0.4, -0.2) is 61.9 Å². The Labute approximate surface area is 118 Å². The summed E-state index contributed by atoms with van der Waals surface area (Å²) >= 11 is 0. The highest BCUT2D eigenvalue weighted by Gasteiger charge is 2.34. The molecule has 0 aromatic carbocycles. The molecule has 1 aliphatic rings. The first kappa shape index (κ1) is 15.0. The standard InChI is InChI=1S/C13H21N3O4/c1-16-6-9(5-15-16)13(17)14-4-10-7-20-8-11(18-2)12(10)19-3/h5-6,10-12H,4,7-8H2,1-3H3,(H,14,17)/t10-,11-,12+/m1/s1. The number of carbonyl (C=O) groups excluding carboxylic acids is 1. The van der Waals surface area contributed by atoms with E-state index in [1.807, 2.05) is 0 Å². The lowest BCUT2D eigenvalue weighted by Crippen LogP contribution is -2.50. The average Bonchev–Trinajstić information content (AvgIpc) is 2.90. The molecule has 1 saturated heterocycles. The van der Waals surface area contributed by atoms with E-state index in [1.165, 1.54) is 0 Å². The second-order valence-corrected chi connectivity index (χ2v) is 4.88. The number of nitrogens with one attached hydrogen (secondary N) is 1. The van der Waals surface area contributed by atoms with Gasteiger partial charge in [-0.15, -0.1) is 0 Å². The zero-order valence-electron chi connectivity index (χ0n) is 12.0. The van der Waals surface area contributed by atoms with Gasteiger partial charge in [-0.2, -0.15) is 5.10 Å². The van der Waals surface area contributed by atoms with Crippen LogP contribution in [0, 0.1) is 5.92 Å². The van der Waals surface area contributed by atoms with Crippen LogP contribution in [0.5, 0.6) is 0 Å². The molecular formula is C13H21N3O4. The van der Waals surface area contributed by atoms with Gasteiger partial charge in [-0.1, -0.05) is 0 Å². The number of hydrogen-bond donors (Lipinski definition) is 1. The summed E-state index contributed by atoms with van der Waals surface area (Å²) in [5, 5.41) is 6.86. The summed E-state index contributed by atoms with van der Waals surface area (Å²) in [4.78, 5) is 12.0. The van der Waals surface area contributed by atoms with Crippen molar-refractivity contribution < 1.29 is 19.0 Å². The van der Waals surface area contributed by atoms with Crippen LogP contribution in [0.15, 0.2) is 12.4 Å². The molecule has 7 nitrogen and oxygen atoms in total. The second-order valence-electron chi connectivity index (χ2n) is 4.88. The van der Waals surface area contributed by atoms with Gasteiger partial charge in [0.25, 0.3) is 5.91 Å². The molecule has 1 N–H and O–H groups in total. The number of aryl methyl sites for hydroxylation is 1. The highest BCUT2D eigenvalue weighted by molar-refractivity contribution is 5.93. The number of amides is 1. The van der Waals surface area contributed by atoms with Crippen molar-refractivity contribution in [3.8, 4) is 0 Å². The molecule has 1 fully saturated rings. The van der Waals surface area contributed by atoms with Crippen LogP contribution in [-0.2, 0) is 21.3 Å². The zero-order chi connectivity index (χ0) is 14.5. The largest absolute Gasteiger partial charge is 0.378 e. The molecule has 0 aliphatic carbocycles. The Morgan fingerprint density at radius 1 is 1.50 bits per heavy atom. The maximum absolute atomic E-state index is 12.0. The highest BCUT2D eigenvalue weighted by atomic mass is 16.6. The number of rotatable bonds is 5. The minimum Gasteiger partial charge on any atom is -0.378 e. The van der Waals surface area contributed by atoms with Crippen molar-refractivity contribution in [3.05, 3.63) is 18.0 Å². The second kappa shape index (κ2) is 6.83. The van der Waals surface area contributed by atoms with Crippen LogP contribution in [0.2, 0.25) is 0 Å². The molecule has 112 valence electrons. The predicted molar refractivity (Wildman–Crippen MR) is 71.4 cm³/mol. The molecule has 20 heavy (non-hydrogen) atoms. The first-order valence-electron chi connectivity index (χ1n) is 6.56. The van der Waals surface area contributed by atoms with Crippen LogP contribution in [0.3, 0.4) is 0 Å². The molecule has 0 unspecified atom stereocenters. The Kier molecular flexibility index (Phi) is 5.11. The van der Waals surface area contributed by atoms with Gasteiger partial charge in [0, 0.05) is 39.9 Å². The van der Waals surface area contributed by atoms with E-state index >= 15 is 0 Å². The Bertz CT molecular complexity index is 449. The van der Waals surface area contributed by atoms with Gasteiger partial charge in [0.1, 0.15) is 6.10 Å². The third-order valence-electron chi connectivity index (χ3n) is 3.51. The Hall–Kier alpha value is -1.44. The van der Waals surface area contributed by atoms with Crippen molar-refractivity contribution in [1.29, 1.82) is 0 Å². The van der Waals surface area contributed by atoms with Crippen LogP contribution in [0.1, 0.15) is 10.4 Å². The maximum atomic E-state index is 12.0. The molecule has 1 aromatic rings. The van der Waals surface area contributed by atoms with E-state index in [9.17, 15) is 4.79 Å². The highest BCUT2D eigenvalue weighted by Crippen LogP contribution is 2.19. The minimum atomic E-state index is -0.146. The van der Waals surface area contributed by atoms with E-state index in [4.69, 9.17) is 14.2 Å².